The fourth-order valence-electron chi connectivity index (χ4n) is 5.31. The molecule has 3 aromatic heterocycles. The fourth-order valence-corrected chi connectivity index (χ4v) is 5.31. The van der Waals surface area contributed by atoms with Crippen LogP contribution in [0.5, 0.6) is 0 Å². The zero-order chi connectivity index (χ0) is 27.4. The third kappa shape index (κ3) is 4.22. The molecule has 3 atom stereocenters. The topological polar surface area (TPSA) is 150 Å². The predicted molar refractivity (Wildman–Crippen MR) is 138 cm³/mol. The number of aromatic nitrogens is 6. The summed E-state index contributed by atoms with van der Waals surface area (Å²) in [5, 5.41) is 22.2. The Morgan fingerprint density at radius 3 is 2.66 bits per heavy atom. The number of carbonyl (C=O) groups is 1. The fraction of sp³-hybridized carbons (Fsp3) is 0.480. The molecule has 5 rings (SSSR count). The lowest BCUT2D eigenvalue weighted by atomic mass is 9.91. The Morgan fingerprint density at radius 2 is 1.92 bits per heavy atom. The van der Waals surface area contributed by atoms with Gasteiger partial charge in [0.05, 0.1) is 48.0 Å². The molecule has 1 aromatic carbocycles. The number of hydrogen-bond donors (Lipinski definition) is 2. The maximum atomic E-state index is 13.7. The van der Waals surface area contributed by atoms with E-state index in [2.05, 4.69) is 9.97 Å². The Hall–Kier alpha value is -3.81. The Kier molecular flexibility index (Phi) is 6.45. The number of aliphatic hydroxyl groups excluding tert-OH is 1. The average molecular weight is 526 g/mol. The van der Waals surface area contributed by atoms with E-state index < -0.39 is 29.0 Å². The highest BCUT2D eigenvalue weighted by Gasteiger charge is 2.42. The Morgan fingerprint density at radius 1 is 1.16 bits per heavy atom. The summed E-state index contributed by atoms with van der Waals surface area (Å²) in [6.07, 6.45) is 2.05. The highest BCUT2D eigenvalue weighted by atomic mass is 16.5. The summed E-state index contributed by atoms with van der Waals surface area (Å²) in [4.78, 5) is 49.3. The van der Waals surface area contributed by atoms with Gasteiger partial charge in [-0.1, -0.05) is 0 Å². The number of aryl methyl sites for hydroxylation is 1. The van der Waals surface area contributed by atoms with Crippen molar-refractivity contribution in [3.8, 4) is 0 Å². The first kappa shape index (κ1) is 25.8. The monoisotopic (exact) mass is 525 g/mol. The minimum absolute atomic E-state index is 0.000660. The number of amides is 1. The van der Waals surface area contributed by atoms with Crippen LogP contribution in [-0.2, 0) is 25.4 Å². The van der Waals surface area contributed by atoms with Crippen molar-refractivity contribution in [1.29, 1.82) is 0 Å². The molecule has 0 saturated carbocycles. The summed E-state index contributed by atoms with van der Waals surface area (Å²) in [5.41, 5.74) is -0.376. The summed E-state index contributed by atoms with van der Waals surface area (Å²) in [7, 11) is 4.51. The van der Waals surface area contributed by atoms with Crippen LogP contribution < -0.4 is 11.2 Å². The van der Waals surface area contributed by atoms with E-state index in [0.29, 0.717) is 24.2 Å². The standard InChI is InChI=1S/C25H31N7O6/c1-25(37)10-16(33)11-31(22(34)15-5-6-18-17(9-15)26-13-30(18)7-8-38-4)12-19(25)32-14-27-21-20(32)23(35)29(3)24(36)28(21)2/h5-6,9,13-14,16,19,33,37H,7-8,10-12H2,1-4H3/t16-,19+,25+/m1/s1. The van der Waals surface area contributed by atoms with Gasteiger partial charge < -0.3 is 29.0 Å². The van der Waals surface area contributed by atoms with Crippen LogP contribution in [0.4, 0.5) is 0 Å². The summed E-state index contributed by atoms with van der Waals surface area (Å²) < 4.78 is 10.8. The third-order valence-electron chi connectivity index (χ3n) is 7.39. The zero-order valence-electron chi connectivity index (χ0n) is 21.7. The van der Waals surface area contributed by atoms with Crippen LogP contribution in [0.25, 0.3) is 22.2 Å². The van der Waals surface area contributed by atoms with Gasteiger partial charge in [0.1, 0.15) is 0 Å². The van der Waals surface area contributed by atoms with Gasteiger partial charge in [-0.25, -0.2) is 14.8 Å². The lowest BCUT2D eigenvalue weighted by Crippen LogP contribution is -2.44. The predicted octanol–water partition coefficient (Wildman–Crippen LogP) is -0.371. The largest absolute Gasteiger partial charge is 0.391 e. The quantitative estimate of drug-likeness (QED) is 0.358. The van der Waals surface area contributed by atoms with Gasteiger partial charge in [0.25, 0.3) is 11.5 Å². The minimum atomic E-state index is -1.49. The molecular weight excluding hydrogens is 494 g/mol. The molecule has 2 N–H and O–H groups in total. The molecule has 0 unspecified atom stereocenters. The van der Waals surface area contributed by atoms with Gasteiger partial charge in [-0.05, 0) is 25.1 Å². The van der Waals surface area contributed by atoms with Crippen molar-refractivity contribution in [2.45, 2.75) is 37.6 Å². The number of carbonyl (C=O) groups excluding carboxylic acids is 1. The molecule has 0 radical (unpaired) electrons. The second kappa shape index (κ2) is 9.49. The second-order valence-electron chi connectivity index (χ2n) is 10.1. The van der Waals surface area contributed by atoms with Crippen molar-refractivity contribution < 1.29 is 19.7 Å². The Balaban J connectivity index is 1.54. The molecule has 38 heavy (non-hydrogen) atoms. The molecule has 13 nitrogen and oxygen atoms in total. The summed E-state index contributed by atoms with van der Waals surface area (Å²) in [6.45, 7) is 2.71. The van der Waals surface area contributed by atoms with Crippen LogP contribution in [0, 0.1) is 0 Å². The summed E-state index contributed by atoms with van der Waals surface area (Å²) in [6, 6.07) is 4.40. The molecule has 202 valence electrons. The Labute approximate surface area is 217 Å². The van der Waals surface area contributed by atoms with Crippen LogP contribution in [0.3, 0.4) is 0 Å². The highest BCUT2D eigenvalue weighted by Crippen LogP contribution is 2.33. The molecular formula is C25H31N7O6. The van der Waals surface area contributed by atoms with Gasteiger partial charge in [-0.2, -0.15) is 0 Å². The van der Waals surface area contributed by atoms with Gasteiger partial charge in [0.15, 0.2) is 11.2 Å². The van der Waals surface area contributed by atoms with Gasteiger partial charge in [0, 0.05) is 52.8 Å². The van der Waals surface area contributed by atoms with Crippen molar-refractivity contribution >= 4 is 28.1 Å². The number of β-amino-alcohol motifs (C(OH)–C–C–N with tert-alkyl or cyclic N) is 1. The number of hydrogen-bond acceptors (Lipinski definition) is 8. The first-order valence-corrected chi connectivity index (χ1v) is 12.3. The van der Waals surface area contributed by atoms with Crippen LogP contribution in [0.15, 0.2) is 40.4 Å². The molecule has 1 fully saturated rings. The minimum Gasteiger partial charge on any atom is -0.391 e. The van der Waals surface area contributed by atoms with Crippen molar-refractivity contribution in [2.75, 3.05) is 26.8 Å². The maximum absolute atomic E-state index is 13.7. The average Bonchev–Trinajstić information content (AvgIpc) is 3.47. The van der Waals surface area contributed by atoms with E-state index in [0.717, 1.165) is 10.1 Å². The van der Waals surface area contributed by atoms with Crippen molar-refractivity contribution in [3.05, 3.63) is 57.3 Å². The molecule has 4 heterocycles. The number of nitrogens with zero attached hydrogens (tertiary/aromatic N) is 7. The van der Waals surface area contributed by atoms with Crippen molar-refractivity contribution in [3.63, 3.8) is 0 Å². The zero-order valence-corrected chi connectivity index (χ0v) is 21.7. The molecule has 13 heteroatoms. The van der Waals surface area contributed by atoms with E-state index in [4.69, 9.17) is 4.74 Å². The molecule has 1 amide bonds. The number of benzene rings is 1. The van der Waals surface area contributed by atoms with Gasteiger partial charge >= 0.3 is 5.69 Å². The molecule has 1 aliphatic rings. The maximum Gasteiger partial charge on any atom is 0.332 e. The van der Waals surface area contributed by atoms with Crippen LogP contribution in [0.1, 0.15) is 29.7 Å². The molecule has 0 bridgehead atoms. The van der Waals surface area contributed by atoms with Crippen molar-refractivity contribution in [1.82, 2.24) is 33.1 Å². The van der Waals surface area contributed by atoms with Crippen LogP contribution >= 0.6 is 0 Å². The lowest BCUT2D eigenvalue weighted by molar-refractivity contribution is -0.0216. The van der Waals surface area contributed by atoms with Crippen LogP contribution in [-0.4, -0.2) is 87.8 Å². The Bertz CT molecular complexity index is 1650. The van der Waals surface area contributed by atoms with Gasteiger partial charge in [0.2, 0.25) is 0 Å². The molecule has 0 aliphatic carbocycles. The smallest absolute Gasteiger partial charge is 0.332 e. The number of fused-ring (bicyclic) bond motifs is 2. The van der Waals surface area contributed by atoms with E-state index in [-0.39, 0.29) is 36.6 Å². The second-order valence-corrected chi connectivity index (χ2v) is 10.1. The van der Waals surface area contributed by atoms with E-state index in [9.17, 15) is 24.6 Å². The molecule has 1 saturated heterocycles. The first-order valence-electron chi connectivity index (χ1n) is 12.3. The number of aliphatic hydroxyl groups is 2. The van der Waals surface area contributed by atoms with Gasteiger partial charge in [-0.15, -0.1) is 0 Å². The van der Waals surface area contributed by atoms with Gasteiger partial charge in [-0.3, -0.25) is 18.7 Å². The van der Waals surface area contributed by atoms with Crippen LogP contribution in [0.2, 0.25) is 0 Å². The van der Waals surface area contributed by atoms with E-state index in [1.165, 1.54) is 34.5 Å². The number of methoxy groups -OCH3 is 1. The number of likely N-dealkylation sites (tertiary alicyclic amines) is 1. The molecule has 1 aliphatic heterocycles. The first-order chi connectivity index (χ1) is 18.0. The number of ether oxygens (including phenoxy) is 1. The summed E-state index contributed by atoms with van der Waals surface area (Å²) >= 11 is 0. The molecule has 4 aromatic rings. The third-order valence-corrected chi connectivity index (χ3v) is 7.39. The summed E-state index contributed by atoms with van der Waals surface area (Å²) in [5.74, 6) is -0.343. The number of imidazole rings is 2. The molecule has 0 spiro atoms. The highest BCUT2D eigenvalue weighted by molar-refractivity contribution is 5.97. The normalized spacial score (nSPS) is 22.3. The van der Waals surface area contributed by atoms with E-state index >= 15 is 0 Å². The van der Waals surface area contributed by atoms with E-state index in [1.807, 2.05) is 10.6 Å². The lowest BCUT2D eigenvalue weighted by Gasteiger charge is -2.34. The number of rotatable bonds is 5. The van der Waals surface area contributed by atoms with Crippen molar-refractivity contribution in [2.24, 2.45) is 14.1 Å². The van der Waals surface area contributed by atoms with E-state index in [1.54, 1.807) is 32.5 Å². The SMILES string of the molecule is COCCn1cnc2cc(C(=O)N3C[C@H](O)C[C@](C)(O)[C@@H](n4cnc5c4c(=O)n(C)c(=O)n5C)C3)ccc21.